The summed E-state index contributed by atoms with van der Waals surface area (Å²) >= 11 is 0. The first-order valence-electron chi connectivity index (χ1n) is 6.85. The molecule has 118 valence electrons. The second kappa shape index (κ2) is 8.56. The van der Waals surface area contributed by atoms with Gasteiger partial charge in [-0.3, -0.25) is 4.79 Å². The number of piperidine rings is 1. The normalized spacial score (nSPS) is 20.9. The van der Waals surface area contributed by atoms with E-state index in [1.807, 2.05) is 0 Å². The van der Waals surface area contributed by atoms with E-state index >= 15 is 0 Å². The van der Waals surface area contributed by atoms with Crippen LogP contribution in [0.5, 0.6) is 0 Å². The Balaban J connectivity index is 2.40. The molecule has 0 aromatic carbocycles. The minimum absolute atomic E-state index is 0.0862. The van der Waals surface area contributed by atoms with Crippen LogP contribution >= 0.6 is 0 Å². The van der Waals surface area contributed by atoms with Crippen molar-refractivity contribution < 1.29 is 23.1 Å². The Morgan fingerprint density at radius 3 is 2.90 bits per heavy atom. The monoisotopic (exact) mass is 308 g/mol. The van der Waals surface area contributed by atoms with Crippen molar-refractivity contribution in [3.05, 3.63) is 0 Å². The molecule has 0 radical (unpaired) electrons. The Bertz CT molecular complexity index is 399. The number of carbonyl (C=O) groups is 1. The Kier molecular flexibility index (Phi) is 7.42. The molecule has 0 bridgehead atoms. The Morgan fingerprint density at radius 1 is 1.50 bits per heavy atom. The van der Waals surface area contributed by atoms with Gasteiger partial charge in [-0.15, -0.1) is 0 Å². The van der Waals surface area contributed by atoms with Gasteiger partial charge in [0.25, 0.3) is 0 Å². The topological polar surface area (TPSA) is 95.9 Å². The van der Waals surface area contributed by atoms with Crippen LogP contribution in [0.15, 0.2) is 0 Å². The summed E-state index contributed by atoms with van der Waals surface area (Å²) < 4.78 is 30.7. The maximum absolute atomic E-state index is 12.1. The summed E-state index contributed by atoms with van der Waals surface area (Å²) in [6.07, 6.45) is 2.25. The number of ether oxygens (including phenoxy) is 1. The van der Waals surface area contributed by atoms with Crippen LogP contribution in [-0.4, -0.2) is 69.4 Å². The molecule has 1 aliphatic heterocycles. The molecule has 8 heteroatoms. The maximum Gasteiger partial charge on any atom is 0.317 e. The third kappa shape index (κ3) is 6.17. The predicted molar refractivity (Wildman–Crippen MR) is 75.1 cm³/mol. The molecule has 0 aromatic heterocycles. The zero-order chi connectivity index (χ0) is 15.0. The van der Waals surface area contributed by atoms with Gasteiger partial charge >= 0.3 is 5.97 Å². The number of hydrogen-bond donors (Lipinski definition) is 2. The van der Waals surface area contributed by atoms with Gasteiger partial charge in [0.15, 0.2) is 0 Å². The summed E-state index contributed by atoms with van der Waals surface area (Å²) in [6.45, 7) is 1.93. The van der Waals surface area contributed by atoms with Crippen molar-refractivity contribution in [2.24, 2.45) is 5.92 Å². The number of nitrogens with one attached hydrogen (secondary N) is 1. The van der Waals surface area contributed by atoms with Crippen LogP contribution in [0.1, 0.15) is 19.3 Å². The fraction of sp³-hybridized carbons (Fsp3) is 0.917. The third-order valence-corrected chi connectivity index (χ3v) is 5.26. The molecule has 1 heterocycles. The second-order valence-corrected chi connectivity index (χ2v) is 7.14. The van der Waals surface area contributed by atoms with Crippen LogP contribution in [0.2, 0.25) is 0 Å². The van der Waals surface area contributed by atoms with Crippen LogP contribution in [0.4, 0.5) is 0 Å². The zero-order valence-corrected chi connectivity index (χ0v) is 12.7. The van der Waals surface area contributed by atoms with Crippen LogP contribution in [0.3, 0.4) is 0 Å². The van der Waals surface area contributed by atoms with Crippen LogP contribution < -0.4 is 5.32 Å². The largest absolute Gasteiger partial charge is 0.480 e. The number of aliphatic carboxylic acids is 1. The lowest BCUT2D eigenvalue weighted by molar-refractivity contribution is -0.136. The molecule has 0 amide bonds. The van der Waals surface area contributed by atoms with Gasteiger partial charge in [0, 0.05) is 26.8 Å². The molecule has 1 atom stereocenters. The van der Waals surface area contributed by atoms with E-state index in [1.165, 1.54) is 4.31 Å². The number of carboxylic acids is 1. The number of hydrogen-bond acceptors (Lipinski definition) is 5. The minimum Gasteiger partial charge on any atom is -0.480 e. The lowest BCUT2D eigenvalue weighted by Gasteiger charge is -2.32. The molecule has 0 saturated carbocycles. The van der Waals surface area contributed by atoms with E-state index in [-0.39, 0.29) is 18.2 Å². The second-order valence-electron chi connectivity index (χ2n) is 5.05. The van der Waals surface area contributed by atoms with E-state index in [4.69, 9.17) is 9.84 Å². The highest BCUT2D eigenvalue weighted by atomic mass is 32.2. The van der Waals surface area contributed by atoms with Gasteiger partial charge in [-0.1, -0.05) is 0 Å². The molecular formula is C12H24N2O5S. The van der Waals surface area contributed by atoms with Crippen molar-refractivity contribution in [3.63, 3.8) is 0 Å². The number of carboxylic acid groups (broad SMARTS) is 1. The van der Waals surface area contributed by atoms with Crippen LogP contribution in [-0.2, 0) is 19.6 Å². The maximum atomic E-state index is 12.1. The van der Waals surface area contributed by atoms with Gasteiger partial charge < -0.3 is 15.2 Å². The number of rotatable bonds is 9. The van der Waals surface area contributed by atoms with Gasteiger partial charge in [-0.25, -0.2) is 12.7 Å². The molecule has 0 spiro atoms. The van der Waals surface area contributed by atoms with Gasteiger partial charge in [-0.05, 0) is 31.7 Å². The van der Waals surface area contributed by atoms with Crippen molar-refractivity contribution in [2.75, 3.05) is 45.6 Å². The van der Waals surface area contributed by atoms with Crippen molar-refractivity contribution in [3.8, 4) is 0 Å². The van der Waals surface area contributed by atoms with Gasteiger partial charge in [-0.2, -0.15) is 0 Å². The summed E-state index contributed by atoms with van der Waals surface area (Å²) in [5, 5.41) is 11.4. The average Bonchev–Trinajstić information content (AvgIpc) is 2.39. The lowest BCUT2D eigenvalue weighted by Crippen LogP contribution is -2.44. The highest BCUT2D eigenvalue weighted by Crippen LogP contribution is 2.19. The lowest BCUT2D eigenvalue weighted by atomic mass is 10.00. The van der Waals surface area contributed by atoms with Gasteiger partial charge in [0.05, 0.1) is 12.3 Å². The first-order valence-corrected chi connectivity index (χ1v) is 8.46. The fourth-order valence-electron chi connectivity index (χ4n) is 2.34. The quantitative estimate of drug-likeness (QED) is 0.570. The molecule has 0 aliphatic carbocycles. The van der Waals surface area contributed by atoms with E-state index < -0.39 is 16.0 Å². The highest BCUT2D eigenvalue weighted by Gasteiger charge is 2.28. The summed E-state index contributed by atoms with van der Waals surface area (Å²) in [5.74, 6) is -0.610. The summed E-state index contributed by atoms with van der Waals surface area (Å²) in [7, 11) is -1.67. The molecule has 2 N–H and O–H groups in total. The molecule has 1 rings (SSSR count). The standard InChI is InChI=1S/C12H24N2O5S/c1-19-6-3-7-20(17,18)14-5-2-4-11(10-14)8-13-9-12(15)16/h11,13H,2-10H2,1H3,(H,15,16). The molecule has 1 unspecified atom stereocenters. The van der Waals surface area contributed by atoms with Crippen molar-refractivity contribution in [1.82, 2.24) is 9.62 Å². The first kappa shape index (κ1) is 17.4. The van der Waals surface area contributed by atoms with E-state index in [0.717, 1.165) is 12.8 Å². The van der Waals surface area contributed by atoms with Gasteiger partial charge in [0.1, 0.15) is 0 Å². The summed E-state index contributed by atoms with van der Waals surface area (Å²) in [5.41, 5.74) is 0. The number of nitrogens with zero attached hydrogens (tertiary/aromatic N) is 1. The zero-order valence-electron chi connectivity index (χ0n) is 11.9. The Labute approximate surface area is 120 Å². The van der Waals surface area contributed by atoms with Crippen molar-refractivity contribution in [1.29, 1.82) is 0 Å². The molecular weight excluding hydrogens is 284 g/mol. The van der Waals surface area contributed by atoms with Crippen molar-refractivity contribution in [2.45, 2.75) is 19.3 Å². The van der Waals surface area contributed by atoms with E-state index in [0.29, 0.717) is 32.7 Å². The molecule has 20 heavy (non-hydrogen) atoms. The van der Waals surface area contributed by atoms with E-state index in [9.17, 15) is 13.2 Å². The number of sulfonamides is 1. The Hall–Kier alpha value is -0.700. The van der Waals surface area contributed by atoms with E-state index in [1.54, 1.807) is 7.11 Å². The first-order chi connectivity index (χ1) is 9.45. The third-order valence-electron chi connectivity index (χ3n) is 3.34. The summed E-state index contributed by atoms with van der Waals surface area (Å²) in [6, 6.07) is 0. The fourth-order valence-corrected chi connectivity index (χ4v) is 3.93. The molecule has 0 aromatic rings. The van der Waals surface area contributed by atoms with E-state index in [2.05, 4.69) is 5.32 Å². The number of methoxy groups -OCH3 is 1. The Morgan fingerprint density at radius 2 is 2.25 bits per heavy atom. The SMILES string of the molecule is COCCCS(=O)(=O)N1CCCC(CNCC(=O)O)C1. The van der Waals surface area contributed by atoms with Crippen molar-refractivity contribution >= 4 is 16.0 Å². The molecule has 1 fully saturated rings. The van der Waals surface area contributed by atoms with Gasteiger partial charge in [0.2, 0.25) is 10.0 Å². The average molecular weight is 308 g/mol. The highest BCUT2D eigenvalue weighted by molar-refractivity contribution is 7.89. The predicted octanol–water partition coefficient (Wildman–Crippen LogP) is -0.261. The van der Waals surface area contributed by atoms with Crippen LogP contribution in [0.25, 0.3) is 0 Å². The summed E-state index contributed by atoms with van der Waals surface area (Å²) in [4.78, 5) is 10.4. The molecule has 7 nitrogen and oxygen atoms in total. The molecule has 1 saturated heterocycles. The smallest absolute Gasteiger partial charge is 0.317 e. The van der Waals surface area contributed by atoms with Crippen LogP contribution in [0, 0.1) is 5.92 Å². The minimum atomic E-state index is -3.22. The molecule has 1 aliphatic rings.